The summed E-state index contributed by atoms with van der Waals surface area (Å²) in [6.45, 7) is 1.56. The Morgan fingerprint density at radius 2 is 1.75 bits per heavy atom. The second kappa shape index (κ2) is 8.53. The molecular formula is C15H22ClN3O3S2. The van der Waals surface area contributed by atoms with E-state index in [9.17, 15) is 13.2 Å². The van der Waals surface area contributed by atoms with Crippen LogP contribution in [0.25, 0.3) is 0 Å². The van der Waals surface area contributed by atoms with Crippen LogP contribution in [0.4, 0.5) is 0 Å². The molecular weight excluding hydrogens is 370 g/mol. The van der Waals surface area contributed by atoms with E-state index in [1.54, 1.807) is 16.7 Å². The van der Waals surface area contributed by atoms with Crippen LogP contribution in [0.5, 0.6) is 0 Å². The Morgan fingerprint density at radius 1 is 1.17 bits per heavy atom. The Morgan fingerprint density at radius 3 is 2.29 bits per heavy atom. The Balaban J connectivity index is 1.76. The van der Waals surface area contributed by atoms with Crippen molar-refractivity contribution in [1.29, 1.82) is 0 Å². The van der Waals surface area contributed by atoms with E-state index in [0.717, 1.165) is 11.3 Å². The van der Waals surface area contributed by atoms with Gasteiger partial charge in [0.2, 0.25) is 5.91 Å². The normalized spacial score (nSPS) is 16.6. The van der Waals surface area contributed by atoms with Gasteiger partial charge in [0.1, 0.15) is 0 Å². The van der Waals surface area contributed by atoms with Crippen molar-refractivity contribution in [2.75, 3.05) is 46.0 Å². The van der Waals surface area contributed by atoms with Crippen LogP contribution in [0, 0.1) is 0 Å². The number of carbonyl (C=O) groups excluding carboxylic acids is 1. The smallest absolute Gasteiger partial charge is 0.281 e. The molecule has 0 spiro atoms. The molecule has 1 aromatic carbocycles. The predicted octanol–water partition coefficient (Wildman–Crippen LogP) is 1.52. The SMILES string of the molecule is CN(C)S(=O)(=O)N1CCN(C(=O)CSCc2ccc(Cl)cc2)CC1. The van der Waals surface area contributed by atoms with E-state index in [1.165, 1.54) is 22.7 Å². The van der Waals surface area contributed by atoms with Crippen molar-refractivity contribution in [1.82, 2.24) is 13.5 Å². The van der Waals surface area contributed by atoms with E-state index in [-0.39, 0.29) is 5.91 Å². The quantitative estimate of drug-likeness (QED) is 0.737. The molecule has 0 aliphatic carbocycles. The first-order chi connectivity index (χ1) is 11.3. The molecule has 9 heteroatoms. The Hall–Kier alpha value is -0.800. The summed E-state index contributed by atoms with van der Waals surface area (Å²) in [6, 6.07) is 7.57. The van der Waals surface area contributed by atoms with Crippen LogP contribution >= 0.6 is 23.4 Å². The molecule has 2 rings (SSSR count). The maximum absolute atomic E-state index is 12.2. The topological polar surface area (TPSA) is 60.9 Å². The molecule has 1 aliphatic heterocycles. The molecule has 1 heterocycles. The predicted molar refractivity (Wildman–Crippen MR) is 98.4 cm³/mol. The minimum absolute atomic E-state index is 0.0517. The zero-order chi connectivity index (χ0) is 17.7. The standard InChI is InChI=1S/C15H22ClN3O3S2/c1-17(2)24(21,22)19-9-7-18(8-10-19)15(20)12-23-11-13-3-5-14(16)6-4-13/h3-6H,7-12H2,1-2H3. The maximum Gasteiger partial charge on any atom is 0.281 e. The summed E-state index contributed by atoms with van der Waals surface area (Å²) < 4.78 is 26.7. The zero-order valence-electron chi connectivity index (χ0n) is 13.8. The maximum atomic E-state index is 12.2. The molecule has 0 saturated carbocycles. The highest BCUT2D eigenvalue weighted by Gasteiger charge is 2.29. The minimum atomic E-state index is -3.39. The van der Waals surface area contributed by atoms with E-state index in [2.05, 4.69) is 0 Å². The lowest BCUT2D eigenvalue weighted by Crippen LogP contribution is -2.53. The van der Waals surface area contributed by atoms with Crippen molar-refractivity contribution in [3.63, 3.8) is 0 Å². The van der Waals surface area contributed by atoms with E-state index in [4.69, 9.17) is 11.6 Å². The van der Waals surface area contributed by atoms with Gasteiger partial charge < -0.3 is 4.90 Å². The van der Waals surface area contributed by atoms with Crippen LogP contribution in [0.3, 0.4) is 0 Å². The fourth-order valence-electron chi connectivity index (χ4n) is 2.33. The molecule has 0 aromatic heterocycles. The molecule has 6 nitrogen and oxygen atoms in total. The van der Waals surface area contributed by atoms with Crippen LogP contribution in [-0.2, 0) is 20.8 Å². The lowest BCUT2D eigenvalue weighted by Gasteiger charge is -2.35. The third-order valence-corrected chi connectivity index (χ3v) is 6.97. The van der Waals surface area contributed by atoms with Gasteiger partial charge in [-0.3, -0.25) is 4.79 Å². The first kappa shape index (κ1) is 19.5. The summed E-state index contributed by atoms with van der Waals surface area (Å²) in [5, 5.41) is 0.699. The summed E-state index contributed by atoms with van der Waals surface area (Å²) in [7, 11) is -0.365. The summed E-state index contributed by atoms with van der Waals surface area (Å²) >= 11 is 7.39. The molecule has 1 aromatic rings. The highest BCUT2D eigenvalue weighted by molar-refractivity contribution is 7.99. The van der Waals surface area contributed by atoms with Gasteiger partial charge in [-0.25, -0.2) is 0 Å². The van der Waals surface area contributed by atoms with Gasteiger partial charge in [-0.15, -0.1) is 11.8 Å². The number of benzene rings is 1. The number of amides is 1. The summed E-state index contributed by atoms with van der Waals surface area (Å²) in [4.78, 5) is 14.0. The first-order valence-electron chi connectivity index (χ1n) is 7.58. The number of thioether (sulfide) groups is 1. The fraction of sp³-hybridized carbons (Fsp3) is 0.533. The molecule has 134 valence electrons. The number of piperazine rings is 1. The van der Waals surface area contributed by atoms with Crippen LogP contribution in [-0.4, -0.2) is 73.9 Å². The molecule has 1 fully saturated rings. The van der Waals surface area contributed by atoms with E-state index in [0.29, 0.717) is 37.0 Å². The number of halogens is 1. The monoisotopic (exact) mass is 391 g/mol. The molecule has 0 bridgehead atoms. The van der Waals surface area contributed by atoms with Gasteiger partial charge in [0.15, 0.2) is 0 Å². The van der Waals surface area contributed by atoms with Crippen molar-refractivity contribution < 1.29 is 13.2 Å². The lowest BCUT2D eigenvalue weighted by molar-refractivity contribution is -0.129. The molecule has 1 aliphatic rings. The first-order valence-corrected chi connectivity index (χ1v) is 10.5. The number of carbonyl (C=O) groups is 1. The number of hydrogen-bond acceptors (Lipinski definition) is 4. The molecule has 24 heavy (non-hydrogen) atoms. The van der Waals surface area contributed by atoms with Gasteiger partial charge in [-0.2, -0.15) is 17.0 Å². The van der Waals surface area contributed by atoms with E-state index in [1.807, 2.05) is 24.3 Å². The van der Waals surface area contributed by atoms with Crippen LogP contribution in [0.1, 0.15) is 5.56 Å². The Labute approximate surface area is 152 Å². The van der Waals surface area contributed by atoms with Gasteiger partial charge in [0.25, 0.3) is 10.2 Å². The average molecular weight is 392 g/mol. The second-order valence-electron chi connectivity index (χ2n) is 5.69. The van der Waals surface area contributed by atoms with Crippen molar-refractivity contribution in [3.05, 3.63) is 34.9 Å². The van der Waals surface area contributed by atoms with Crippen LogP contribution in [0.2, 0.25) is 5.02 Å². The second-order valence-corrected chi connectivity index (χ2v) is 9.25. The molecule has 1 saturated heterocycles. The largest absolute Gasteiger partial charge is 0.339 e. The van der Waals surface area contributed by atoms with Crippen LogP contribution < -0.4 is 0 Å². The van der Waals surface area contributed by atoms with Gasteiger partial charge in [0, 0.05) is 51.0 Å². The molecule has 0 N–H and O–H groups in total. The average Bonchev–Trinajstić information content (AvgIpc) is 2.56. The fourth-order valence-corrected chi connectivity index (χ4v) is 4.43. The highest BCUT2D eigenvalue weighted by Crippen LogP contribution is 2.17. The van der Waals surface area contributed by atoms with Gasteiger partial charge in [0.05, 0.1) is 5.75 Å². The Bertz CT molecular complexity index is 657. The highest BCUT2D eigenvalue weighted by atomic mass is 35.5. The van der Waals surface area contributed by atoms with Crippen molar-refractivity contribution >= 4 is 39.5 Å². The third kappa shape index (κ3) is 5.10. The molecule has 0 atom stereocenters. The number of rotatable bonds is 6. The summed E-state index contributed by atoms with van der Waals surface area (Å²) in [6.07, 6.45) is 0. The van der Waals surface area contributed by atoms with Gasteiger partial charge in [-0.05, 0) is 17.7 Å². The molecule has 0 radical (unpaired) electrons. The Kier molecular flexibility index (Phi) is 6.94. The molecule has 0 unspecified atom stereocenters. The van der Waals surface area contributed by atoms with E-state index < -0.39 is 10.2 Å². The van der Waals surface area contributed by atoms with E-state index >= 15 is 0 Å². The number of nitrogens with zero attached hydrogens (tertiary/aromatic N) is 3. The minimum Gasteiger partial charge on any atom is -0.339 e. The zero-order valence-corrected chi connectivity index (χ0v) is 16.2. The number of hydrogen-bond donors (Lipinski definition) is 0. The lowest BCUT2D eigenvalue weighted by atomic mass is 10.2. The van der Waals surface area contributed by atoms with Gasteiger partial charge in [-0.1, -0.05) is 23.7 Å². The summed E-state index contributed by atoms with van der Waals surface area (Å²) in [5.41, 5.74) is 1.12. The van der Waals surface area contributed by atoms with Crippen molar-refractivity contribution in [2.45, 2.75) is 5.75 Å². The van der Waals surface area contributed by atoms with Gasteiger partial charge >= 0.3 is 0 Å². The van der Waals surface area contributed by atoms with Crippen LogP contribution in [0.15, 0.2) is 24.3 Å². The third-order valence-electron chi connectivity index (χ3n) is 3.79. The molecule has 1 amide bonds. The van der Waals surface area contributed by atoms with Crippen molar-refractivity contribution in [3.8, 4) is 0 Å². The van der Waals surface area contributed by atoms with Crippen molar-refractivity contribution in [2.24, 2.45) is 0 Å². The summed E-state index contributed by atoms with van der Waals surface area (Å²) in [5.74, 6) is 1.19.